The van der Waals surface area contributed by atoms with Crippen molar-refractivity contribution in [3.05, 3.63) is 107 Å². The van der Waals surface area contributed by atoms with Crippen LogP contribution in [-0.2, 0) is 19.0 Å². The topological polar surface area (TPSA) is 41.0 Å². The highest BCUT2D eigenvalue weighted by Gasteiger charge is 2.37. The van der Waals surface area contributed by atoms with Gasteiger partial charge >= 0.3 is 6.18 Å². The molecule has 4 aromatic rings. The summed E-state index contributed by atoms with van der Waals surface area (Å²) >= 11 is 0. The van der Waals surface area contributed by atoms with Crippen molar-refractivity contribution >= 4 is 11.6 Å². The Labute approximate surface area is 227 Å². The van der Waals surface area contributed by atoms with E-state index >= 15 is 0 Å². The minimum atomic E-state index is -4.42. The lowest BCUT2D eigenvalue weighted by molar-refractivity contribution is -0.138. The molecule has 0 radical (unpaired) electrons. The molecule has 0 fully saturated rings. The minimum absolute atomic E-state index is 0.280. The molecule has 5 rings (SSSR count). The molecule has 1 aliphatic rings. The summed E-state index contributed by atoms with van der Waals surface area (Å²) in [7, 11) is 2.16. The van der Waals surface area contributed by atoms with Crippen LogP contribution in [0.15, 0.2) is 79.0 Å². The zero-order valence-electron chi connectivity index (χ0n) is 22.3. The summed E-state index contributed by atoms with van der Waals surface area (Å²) in [4.78, 5) is 11.7. The van der Waals surface area contributed by atoms with E-state index in [2.05, 4.69) is 41.3 Å². The van der Waals surface area contributed by atoms with E-state index < -0.39 is 17.7 Å². The summed E-state index contributed by atoms with van der Waals surface area (Å²) in [6.45, 7) is 4.35. The Morgan fingerprint density at radius 1 is 0.923 bits per heavy atom. The third-order valence-corrected chi connectivity index (χ3v) is 7.41. The maximum Gasteiger partial charge on any atom is 0.416 e. The van der Waals surface area contributed by atoms with Gasteiger partial charge in [0.1, 0.15) is 0 Å². The first-order chi connectivity index (χ1) is 18.8. The Balaban J connectivity index is 1.36. The second kappa shape index (κ2) is 11.6. The van der Waals surface area contributed by atoms with E-state index in [1.165, 1.54) is 24.5 Å². The summed E-state index contributed by atoms with van der Waals surface area (Å²) in [6.07, 6.45) is 1.13. The van der Waals surface area contributed by atoms with Crippen LogP contribution in [0, 0.1) is 0 Å². The van der Waals surface area contributed by atoms with Crippen LogP contribution < -0.4 is 5.32 Å². The van der Waals surface area contributed by atoms with Gasteiger partial charge in [-0.2, -0.15) is 13.2 Å². The van der Waals surface area contributed by atoms with Gasteiger partial charge in [-0.1, -0.05) is 67.9 Å². The summed E-state index contributed by atoms with van der Waals surface area (Å²) in [6, 6.07) is 21.8. The highest BCUT2D eigenvalue weighted by atomic mass is 19.4. The monoisotopic (exact) mass is 530 g/mol. The molecule has 0 spiro atoms. The Bertz CT molecular complexity index is 1420. The highest BCUT2D eigenvalue weighted by Crippen LogP contribution is 2.45. The van der Waals surface area contributed by atoms with Crippen molar-refractivity contribution in [1.82, 2.24) is 14.9 Å². The lowest BCUT2D eigenvalue weighted by Crippen LogP contribution is -2.22. The molecule has 3 aromatic carbocycles. The van der Waals surface area contributed by atoms with Gasteiger partial charge in [0, 0.05) is 29.9 Å². The molecule has 1 unspecified atom stereocenters. The molecule has 1 N–H and O–H groups in total. The number of likely N-dealkylation sites (N-methyl/N-ethyl adjacent to an activating group) is 1. The number of rotatable bonds is 9. The fourth-order valence-corrected chi connectivity index (χ4v) is 5.28. The van der Waals surface area contributed by atoms with Crippen LogP contribution in [0.4, 0.5) is 24.8 Å². The predicted molar refractivity (Wildman–Crippen MR) is 150 cm³/mol. The molecule has 0 aliphatic heterocycles. The number of fused-ring (bicyclic) bond motifs is 3. The van der Waals surface area contributed by atoms with Crippen LogP contribution in [0.25, 0.3) is 11.3 Å². The normalized spacial score (nSPS) is 14.7. The molecule has 4 nitrogen and oxygen atoms in total. The Kier molecular flexibility index (Phi) is 7.98. The van der Waals surface area contributed by atoms with Crippen LogP contribution >= 0.6 is 0 Å². The van der Waals surface area contributed by atoms with Crippen molar-refractivity contribution < 1.29 is 13.2 Å². The van der Waals surface area contributed by atoms with Crippen molar-refractivity contribution in [2.45, 2.75) is 44.7 Å². The summed E-state index contributed by atoms with van der Waals surface area (Å²) in [5.74, 6) is 0.0345. The number of hydrogen-bond donors (Lipinski definition) is 1. The number of hydrogen-bond acceptors (Lipinski definition) is 4. The summed E-state index contributed by atoms with van der Waals surface area (Å²) < 4.78 is 41.5. The van der Waals surface area contributed by atoms with Crippen LogP contribution in [0.3, 0.4) is 0 Å². The first kappa shape index (κ1) is 26.9. The van der Waals surface area contributed by atoms with Gasteiger partial charge < -0.3 is 10.2 Å². The van der Waals surface area contributed by atoms with E-state index in [0.29, 0.717) is 12.4 Å². The average molecular weight is 531 g/mol. The Morgan fingerprint density at radius 2 is 1.64 bits per heavy atom. The maximum absolute atomic E-state index is 13.8. The van der Waals surface area contributed by atoms with E-state index in [0.717, 1.165) is 53.6 Å². The van der Waals surface area contributed by atoms with Gasteiger partial charge in [0.2, 0.25) is 5.95 Å². The molecule has 0 saturated carbocycles. The summed E-state index contributed by atoms with van der Waals surface area (Å²) in [5.41, 5.74) is 5.13. The quantitative estimate of drug-likeness (QED) is 0.239. The van der Waals surface area contributed by atoms with Gasteiger partial charge in [-0.15, -0.1) is 0 Å². The average Bonchev–Trinajstić information content (AvgIpc) is 2.95. The lowest BCUT2D eigenvalue weighted by atomic mass is 9.76. The van der Waals surface area contributed by atoms with E-state index in [9.17, 15) is 13.2 Å². The summed E-state index contributed by atoms with van der Waals surface area (Å²) in [5, 5.41) is 3.30. The number of nitrogens with one attached hydrogen (secondary N) is 1. The van der Waals surface area contributed by atoms with Crippen molar-refractivity contribution in [1.29, 1.82) is 0 Å². The Morgan fingerprint density at radius 3 is 2.38 bits per heavy atom. The largest absolute Gasteiger partial charge is 0.416 e. The molecule has 0 amide bonds. The van der Waals surface area contributed by atoms with Crippen molar-refractivity contribution in [2.75, 3.05) is 25.5 Å². The van der Waals surface area contributed by atoms with Gasteiger partial charge in [-0.3, -0.25) is 0 Å². The third-order valence-electron chi connectivity index (χ3n) is 7.41. The molecule has 39 heavy (non-hydrogen) atoms. The number of alkyl halides is 3. The van der Waals surface area contributed by atoms with Crippen LogP contribution in [0.5, 0.6) is 0 Å². The van der Waals surface area contributed by atoms with Gasteiger partial charge in [0.15, 0.2) is 0 Å². The molecule has 1 heterocycles. The van der Waals surface area contributed by atoms with Gasteiger partial charge in [-0.05, 0) is 73.3 Å². The minimum Gasteiger partial charge on any atom is -0.324 e. The van der Waals surface area contributed by atoms with Crippen LogP contribution in [0.2, 0.25) is 0 Å². The van der Waals surface area contributed by atoms with Crippen LogP contribution in [-0.4, -0.2) is 35.0 Å². The molecular weight excluding hydrogens is 497 g/mol. The van der Waals surface area contributed by atoms with E-state index in [4.69, 9.17) is 4.98 Å². The van der Waals surface area contributed by atoms with Gasteiger partial charge in [0.25, 0.3) is 0 Å². The fraction of sp³-hybridized carbons (Fsp3) is 0.312. The number of nitrogens with zero attached hydrogens (tertiary/aromatic N) is 3. The smallest absolute Gasteiger partial charge is 0.324 e. The molecule has 1 aliphatic carbocycles. The Hall–Kier alpha value is -3.71. The number of unbranched alkanes of at least 4 members (excludes halogenated alkanes) is 1. The second-order valence-corrected chi connectivity index (χ2v) is 10.2. The number of aromatic nitrogens is 2. The second-order valence-electron chi connectivity index (χ2n) is 10.2. The first-order valence-corrected chi connectivity index (χ1v) is 13.5. The van der Waals surface area contributed by atoms with Crippen molar-refractivity contribution in [2.24, 2.45) is 0 Å². The third kappa shape index (κ3) is 6.14. The number of benzene rings is 3. The molecule has 0 bridgehead atoms. The van der Waals surface area contributed by atoms with E-state index in [-0.39, 0.29) is 5.56 Å². The zero-order valence-corrected chi connectivity index (χ0v) is 22.3. The van der Waals surface area contributed by atoms with Crippen LogP contribution in [0.1, 0.15) is 53.5 Å². The van der Waals surface area contributed by atoms with E-state index in [1.54, 1.807) is 18.3 Å². The van der Waals surface area contributed by atoms with Crippen molar-refractivity contribution in [3.63, 3.8) is 0 Å². The number of anilines is 2. The molecular formula is C32H33F3N4. The SMILES string of the molecule is CCCCN(C)CCc1ccc(Nc2ncc3c(n2)-c2ccccc2C(c2ccccc2C(F)(F)F)C3)cc1. The van der Waals surface area contributed by atoms with E-state index in [1.807, 2.05) is 36.4 Å². The lowest BCUT2D eigenvalue weighted by Gasteiger charge is -2.29. The fourth-order valence-electron chi connectivity index (χ4n) is 5.28. The molecule has 1 atom stereocenters. The highest BCUT2D eigenvalue weighted by molar-refractivity contribution is 5.73. The van der Waals surface area contributed by atoms with Gasteiger partial charge in [0.05, 0.1) is 11.3 Å². The molecule has 7 heteroatoms. The predicted octanol–water partition coefficient (Wildman–Crippen LogP) is 7.87. The first-order valence-electron chi connectivity index (χ1n) is 13.5. The molecule has 202 valence electrons. The maximum atomic E-state index is 13.8. The standard InChI is InChI=1S/C32H33F3N4/c1-3-4-18-39(2)19-17-22-13-15-24(16-14-22)37-31-36-21-23-20-28(25-9-5-6-11-27(25)30(23)38-31)26-10-7-8-12-29(26)32(33,34)35/h5-16,21,28H,3-4,17-20H2,1-2H3,(H,36,37,38). The van der Waals surface area contributed by atoms with Gasteiger partial charge in [-0.25, -0.2) is 9.97 Å². The zero-order chi connectivity index (χ0) is 27.4. The van der Waals surface area contributed by atoms with Crippen molar-refractivity contribution in [3.8, 4) is 11.3 Å². The molecule has 0 saturated heterocycles. The molecule has 1 aromatic heterocycles. The number of halogens is 3.